The monoisotopic (exact) mass is 211 g/mol. The third kappa shape index (κ3) is 4.08. The van der Waals surface area contributed by atoms with Gasteiger partial charge in [-0.3, -0.25) is 4.79 Å². The van der Waals surface area contributed by atoms with Gasteiger partial charge in [0.2, 0.25) is 0 Å². The van der Waals surface area contributed by atoms with E-state index < -0.39 is 5.97 Å². The van der Waals surface area contributed by atoms with Crippen LogP contribution in [0.25, 0.3) is 0 Å². The van der Waals surface area contributed by atoms with Crippen LogP contribution in [-0.4, -0.2) is 17.6 Å². The molecule has 3 nitrogen and oxygen atoms in total. The summed E-state index contributed by atoms with van der Waals surface area (Å²) in [6.07, 6.45) is 0.0975. The van der Waals surface area contributed by atoms with Crippen molar-refractivity contribution in [2.24, 2.45) is 0 Å². The molecule has 0 radical (unpaired) electrons. The molecule has 0 bridgehead atoms. The van der Waals surface area contributed by atoms with E-state index in [9.17, 15) is 9.18 Å². The molecule has 0 unspecified atom stereocenters. The van der Waals surface area contributed by atoms with Crippen LogP contribution in [0.2, 0.25) is 0 Å². The molecule has 0 aromatic heterocycles. The highest BCUT2D eigenvalue weighted by atomic mass is 19.1. The summed E-state index contributed by atoms with van der Waals surface area (Å²) in [5, 5.41) is 11.4. The molecule has 0 aliphatic heterocycles. The van der Waals surface area contributed by atoms with Crippen molar-refractivity contribution in [1.82, 2.24) is 5.32 Å². The maximum atomic E-state index is 12.7. The molecule has 0 atom stereocenters. The summed E-state index contributed by atoms with van der Waals surface area (Å²) in [6.45, 7) is 2.82. The van der Waals surface area contributed by atoms with Gasteiger partial charge >= 0.3 is 5.97 Å². The Morgan fingerprint density at radius 1 is 1.53 bits per heavy atom. The maximum absolute atomic E-state index is 12.7. The molecule has 0 amide bonds. The fourth-order valence-electron chi connectivity index (χ4n) is 1.28. The SMILES string of the molecule is Cc1cc(F)ccc1CNCCC(=O)O. The Labute approximate surface area is 87.9 Å². The van der Waals surface area contributed by atoms with Crippen molar-refractivity contribution in [1.29, 1.82) is 0 Å². The van der Waals surface area contributed by atoms with E-state index in [1.807, 2.05) is 6.92 Å². The molecule has 0 heterocycles. The van der Waals surface area contributed by atoms with E-state index in [0.717, 1.165) is 11.1 Å². The number of carbonyl (C=O) groups is 1. The summed E-state index contributed by atoms with van der Waals surface area (Å²) in [6, 6.07) is 4.58. The van der Waals surface area contributed by atoms with Crippen LogP contribution in [0.4, 0.5) is 4.39 Å². The van der Waals surface area contributed by atoms with E-state index >= 15 is 0 Å². The van der Waals surface area contributed by atoms with Gasteiger partial charge in [-0.2, -0.15) is 0 Å². The van der Waals surface area contributed by atoms with Gasteiger partial charge in [0.05, 0.1) is 6.42 Å². The lowest BCUT2D eigenvalue weighted by molar-refractivity contribution is -0.136. The fourth-order valence-corrected chi connectivity index (χ4v) is 1.28. The molecular formula is C11H14FNO2. The molecule has 2 N–H and O–H groups in total. The molecule has 0 fully saturated rings. The largest absolute Gasteiger partial charge is 0.481 e. The van der Waals surface area contributed by atoms with Gasteiger partial charge < -0.3 is 10.4 Å². The number of carboxylic acid groups (broad SMARTS) is 1. The van der Waals surface area contributed by atoms with E-state index in [4.69, 9.17) is 5.11 Å². The average molecular weight is 211 g/mol. The third-order valence-corrected chi connectivity index (χ3v) is 2.14. The van der Waals surface area contributed by atoms with E-state index in [1.54, 1.807) is 6.07 Å². The molecule has 1 aromatic rings. The highest BCUT2D eigenvalue weighted by Gasteiger charge is 2.00. The van der Waals surface area contributed by atoms with Gasteiger partial charge in [0, 0.05) is 13.1 Å². The number of aryl methyl sites for hydroxylation is 1. The normalized spacial score (nSPS) is 10.3. The number of halogens is 1. The van der Waals surface area contributed by atoms with Crippen LogP contribution in [0.3, 0.4) is 0 Å². The molecule has 1 rings (SSSR count). The minimum absolute atomic E-state index is 0.0975. The van der Waals surface area contributed by atoms with Crippen molar-refractivity contribution in [3.05, 3.63) is 35.1 Å². The predicted octanol–water partition coefficient (Wildman–Crippen LogP) is 1.70. The van der Waals surface area contributed by atoms with E-state index in [2.05, 4.69) is 5.32 Å². The smallest absolute Gasteiger partial charge is 0.304 e. The van der Waals surface area contributed by atoms with E-state index in [1.165, 1.54) is 12.1 Å². The standard InChI is InChI=1S/C11H14FNO2/c1-8-6-10(12)3-2-9(8)7-13-5-4-11(14)15/h2-3,6,13H,4-5,7H2,1H3,(H,14,15). The second kappa shape index (κ2) is 5.46. The van der Waals surface area contributed by atoms with Gasteiger partial charge in [-0.05, 0) is 30.2 Å². The van der Waals surface area contributed by atoms with Crippen molar-refractivity contribution in [3.8, 4) is 0 Å². The van der Waals surface area contributed by atoms with Crippen molar-refractivity contribution >= 4 is 5.97 Å². The van der Waals surface area contributed by atoms with Gasteiger partial charge in [0.25, 0.3) is 0 Å². The van der Waals surface area contributed by atoms with Gasteiger partial charge in [0.1, 0.15) is 5.82 Å². The first-order chi connectivity index (χ1) is 7.09. The summed E-state index contributed by atoms with van der Waals surface area (Å²) < 4.78 is 12.7. The predicted molar refractivity (Wildman–Crippen MR) is 55.1 cm³/mol. The van der Waals surface area contributed by atoms with Crippen LogP contribution < -0.4 is 5.32 Å². The van der Waals surface area contributed by atoms with Crippen LogP contribution in [0.5, 0.6) is 0 Å². The molecule has 4 heteroatoms. The van der Waals surface area contributed by atoms with Crippen LogP contribution in [0.15, 0.2) is 18.2 Å². The van der Waals surface area contributed by atoms with Crippen molar-refractivity contribution in [2.45, 2.75) is 19.9 Å². The summed E-state index contributed by atoms with van der Waals surface area (Å²) in [4.78, 5) is 10.2. The molecule has 0 saturated heterocycles. The minimum Gasteiger partial charge on any atom is -0.481 e. The van der Waals surface area contributed by atoms with Crippen LogP contribution in [0, 0.1) is 12.7 Å². The fraction of sp³-hybridized carbons (Fsp3) is 0.364. The van der Waals surface area contributed by atoms with Crippen LogP contribution >= 0.6 is 0 Å². The number of benzene rings is 1. The quantitative estimate of drug-likeness (QED) is 0.729. The zero-order valence-corrected chi connectivity index (χ0v) is 8.59. The number of carboxylic acids is 1. The average Bonchev–Trinajstić information content (AvgIpc) is 2.14. The lowest BCUT2D eigenvalue weighted by Gasteiger charge is -2.06. The van der Waals surface area contributed by atoms with Crippen LogP contribution in [0.1, 0.15) is 17.5 Å². The van der Waals surface area contributed by atoms with Gasteiger partial charge in [0.15, 0.2) is 0 Å². The Morgan fingerprint density at radius 3 is 2.87 bits per heavy atom. The summed E-state index contributed by atoms with van der Waals surface area (Å²) >= 11 is 0. The first kappa shape index (κ1) is 11.7. The lowest BCUT2D eigenvalue weighted by Crippen LogP contribution is -2.18. The second-order valence-corrected chi connectivity index (χ2v) is 3.39. The molecule has 0 aliphatic carbocycles. The highest BCUT2D eigenvalue weighted by molar-refractivity contribution is 5.66. The Morgan fingerprint density at radius 2 is 2.27 bits per heavy atom. The molecular weight excluding hydrogens is 197 g/mol. The Bertz CT molecular complexity index is 352. The number of nitrogens with one attached hydrogen (secondary N) is 1. The van der Waals surface area contributed by atoms with Crippen molar-refractivity contribution < 1.29 is 14.3 Å². The number of rotatable bonds is 5. The first-order valence-corrected chi connectivity index (χ1v) is 4.77. The number of hydrogen-bond donors (Lipinski definition) is 2. The molecule has 15 heavy (non-hydrogen) atoms. The van der Waals surface area contributed by atoms with E-state index in [0.29, 0.717) is 13.1 Å². The minimum atomic E-state index is -0.821. The Hall–Kier alpha value is -1.42. The zero-order chi connectivity index (χ0) is 11.3. The summed E-state index contributed by atoms with van der Waals surface area (Å²) in [5.41, 5.74) is 1.86. The third-order valence-electron chi connectivity index (χ3n) is 2.14. The van der Waals surface area contributed by atoms with Crippen LogP contribution in [-0.2, 0) is 11.3 Å². The number of hydrogen-bond acceptors (Lipinski definition) is 2. The van der Waals surface area contributed by atoms with Gasteiger partial charge in [-0.25, -0.2) is 4.39 Å². The maximum Gasteiger partial charge on any atom is 0.304 e. The Kier molecular flexibility index (Phi) is 4.24. The van der Waals surface area contributed by atoms with Gasteiger partial charge in [-0.15, -0.1) is 0 Å². The topological polar surface area (TPSA) is 49.3 Å². The van der Waals surface area contributed by atoms with E-state index in [-0.39, 0.29) is 12.2 Å². The summed E-state index contributed by atoms with van der Waals surface area (Å²) in [5.74, 6) is -1.07. The van der Waals surface area contributed by atoms with Crippen molar-refractivity contribution in [2.75, 3.05) is 6.54 Å². The highest BCUT2D eigenvalue weighted by Crippen LogP contribution is 2.09. The lowest BCUT2D eigenvalue weighted by atomic mass is 10.1. The molecule has 1 aromatic carbocycles. The zero-order valence-electron chi connectivity index (χ0n) is 8.59. The Balaban J connectivity index is 2.40. The number of aliphatic carboxylic acids is 1. The van der Waals surface area contributed by atoms with Crippen molar-refractivity contribution in [3.63, 3.8) is 0 Å². The van der Waals surface area contributed by atoms with Gasteiger partial charge in [-0.1, -0.05) is 6.07 Å². The molecule has 0 aliphatic rings. The molecule has 0 spiro atoms. The second-order valence-electron chi connectivity index (χ2n) is 3.39. The molecule has 82 valence electrons. The molecule has 0 saturated carbocycles. The summed E-state index contributed by atoms with van der Waals surface area (Å²) in [7, 11) is 0. The first-order valence-electron chi connectivity index (χ1n) is 4.77.